The zero-order valence-electron chi connectivity index (χ0n) is 11.3. The highest BCUT2D eigenvalue weighted by molar-refractivity contribution is 5.84. The molecular weight excluding hydrogens is 244 g/mol. The second-order valence-corrected chi connectivity index (χ2v) is 4.60. The summed E-state index contributed by atoms with van der Waals surface area (Å²) in [5, 5.41) is 3.23. The maximum absolute atomic E-state index is 11.5. The summed E-state index contributed by atoms with van der Waals surface area (Å²) in [5.74, 6) is 1.89. The average Bonchev–Trinajstić information content (AvgIpc) is 2.44. The number of ether oxygens (including phenoxy) is 1. The molecule has 0 spiro atoms. The minimum Gasteiger partial charge on any atom is -0.385 e. The summed E-state index contributed by atoms with van der Waals surface area (Å²) in [6.07, 6.45) is 4.05. The van der Waals surface area contributed by atoms with E-state index in [1.165, 1.54) is 6.33 Å². The fourth-order valence-corrected chi connectivity index (χ4v) is 2.08. The summed E-state index contributed by atoms with van der Waals surface area (Å²) < 4.78 is 4.99. The Labute approximate surface area is 113 Å². The van der Waals surface area contributed by atoms with E-state index in [1.807, 2.05) is 11.0 Å². The number of hydrogen-bond acceptors (Lipinski definition) is 6. The Kier molecular flexibility index (Phi) is 5.09. The molecule has 1 aromatic rings. The van der Waals surface area contributed by atoms with Crippen molar-refractivity contribution in [2.45, 2.75) is 19.3 Å². The van der Waals surface area contributed by atoms with Gasteiger partial charge in [0, 0.05) is 39.3 Å². The molecule has 0 bridgehead atoms. The first-order valence-electron chi connectivity index (χ1n) is 6.61. The van der Waals surface area contributed by atoms with E-state index in [2.05, 4.69) is 15.3 Å². The van der Waals surface area contributed by atoms with Crippen LogP contribution in [0.25, 0.3) is 0 Å². The van der Waals surface area contributed by atoms with E-state index in [0.717, 1.165) is 44.2 Å². The molecule has 1 fully saturated rings. The molecule has 0 saturated carbocycles. The number of carbonyl (C=O) groups is 1. The number of ketones is 1. The molecule has 1 N–H and O–H groups in total. The topological polar surface area (TPSA) is 67.3 Å². The van der Waals surface area contributed by atoms with Crippen molar-refractivity contribution in [3.63, 3.8) is 0 Å². The zero-order valence-corrected chi connectivity index (χ0v) is 11.3. The van der Waals surface area contributed by atoms with Gasteiger partial charge in [0.15, 0.2) is 5.78 Å². The highest BCUT2D eigenvalue weighted by atomic mass is 16.5. The van der Waals surface area contributed by atoms with Crippen molar-refractivity contribution >= 4 is 17.4 Å². The molecule has 6 nitrogen and oxygen atoms in total. The van der Waals surface area contributed by atoms with E-state index in [4.69, 9.17) is 4.74 Å². The van der Waals surface area contributed by atoms with Gasteiger partial charge in [-0.3, -0.25) is 4.79 Å². The Hall–Kier alpha value is -1.69. The monoisotopic (exact) mass is 264 g/mol. The van der Waals surface area contributed by atoms with Gasteiger partial charge in [-0.15, -0.1) is 0 Å². The standard InChI is InChI=1S/C13H20N4O2/c1-19-7-3-5-14-12-8-13(16-10-15-12)17-6-2-4-11(18)9-17/h8,10H,2-7,9H2,1H3,(H,14,15,16). The lowest BCUT2D eigenvalue weighted by molar-refractivity contribution is -0.118. The van der Waals surface area contributed by atoms with Crippen molar-refractivity contribution in [1.82, 2.24) is 9.97 Å². The minimum atomic E-state index is 0.277. The predicted molar refractivity (Wildman–Crippen MR) is 73.5 cm³/mol. The van der Waals surface area contributed by atoms with Crippen molar-refractivity contribution in [3.05, 3.63) is 12.4 Å². The first kappa shape index (κ1) is 13.7. The van der Waals surface area contributed by atoms with Gasteiger partial charge in [0.25, 0.3) is 0 Å². The molecular formula is C13H20N4O2. The zero-order chi connectivity index (χ0) is 13.5. The number of Topliss-reactive ketones (excluding diaryl/α,β-unsaturated/α-hetero) is 1. The van der Waals surface area contributed by atoms with Crippen LogP contribution < -0.4 is 10.2 Å². The van der Waals surface area contributed by atoms with Crippen LogP contribution in [0.5, 0.6) is 0 Å². The van der Waals surface area contributed by atoms with E-state index < -0.39 is 0 Å². The Morgan fingerprint density at radius 2 is 2.37 bits per heavy atom. The van der Waals surface area contributed by atoms with Crippen LogP contribution in [0.15, 0.2) is 12.4 Å². The van der Waals surface area contributed by atoms with Gasteiger partial charge < -0.3 is 15.0 Å². The van der Waals surface area contributed by atoms with Crippen molar-refractivity contribution in [3.8, 4) is 0 Å². The number of carbonyl (C=O) groups excluding carboxylic acids is 1. The van der Waals surface area contributed by atoms with Gasteiger partial charge in [0.05, 0.1) is 6.54 Å². The fourth-order valence-electron chi connectivity index (χ4n) is 2.08. The number of nitrogens with one attached hydrogen (secondary N) is 1. The lowest BCUT2D eigenvalue weighted by Crippen LogP contribution is -2.36. The summed E-state index contributed by atoms with van der Waals surface area (Å²) >= 11 is 0. The van der Waals surface area contributed by atoms with Crippen molar-refractivity contribution < 1.29 is 9.53 Å². The highest BCUT2D eigenvalue weighted by Crippen LogP contribution is 2.17. The minimum absolute atomic E-state index is 0.277. The molecule has 0 amide bonds. The summed E-state index contributed by atoms with van der Waals surface area (Å²) in [5.41, 5.74) is 0. The Balaban J connectivity index is 1.92. The number of nitrogens with zero attached hydrogens (tertiary/aromatic N) is 3. The van der Waals surface area contributed by atoms with Gasteiger partial charge in [0.2, 0.25) is 0 Å². The molecule has 104 valence electrons. The van der Waals surface area contributed by atoms with Crippen molar-refractivity contribution in [2.24, 2.45) is 0 Å². The Morgan fingerprint density at radius 3 is 3.16 bits per heavy atom. The normalized spacial score (nSPS) is 15.6. The van der Waals surface area contributed by atoms with E-state index in [1.54, 1.807) is 7.11 Å². The third-order valence-electron chi connectivity index (χ3n) is 3.06. The van der Waals surface area contributed by atoms with Gasteiger partial charge >= 0.3 is 0 Å². The first-order chi connectivity index (χ1) is 9.29. The Morgan fingerprint density at radius 1 is 1.47 bits per heavy atom. The van der Waals surface area contributed by atoms with Crippen molar-refractivity contribution in [2.75, 3.05) is 43.6 Å². The molecule has 2 heterocycles. The maximum Gasteiger partial charge on any atom is 0.152 e. The number of anilines is 2. The van der Waals surface area contributed by atoms with Crippen LogP contribution >= 0.6 is 0 Å². The second kappa shape index (κ2) is 7.04. The summed E-state index contributed by atoms with van der Waals surface area (Å²) in [7, 11) is 1.69. The van der Waals surface area contributed by atoms with Crippen LogP contribution in [0.4, 0.5) is 11.6 Å². The quantitative estimate of drug-likeness (QED) is 0.776. The third-order valence-corrected chi connectivity index (χ3v) is 3.06. The van der Waals surface area contributed by atoms with E-state index >= 15 is 0 Å². The molecule has 1 aliphatic heterocycles. The second-order valence-electron chi connectivity index (χ2n) is 4.60. The molecule has 6 heteroatoms. The number of rotatable bonds is 6. The van der Waals surface area contributed by atoms with Gasteiger partial charge in [-0.1, -0.05) is 0 Å². The van der Waals surface area contributed by atoms with Crippen molar-refractivity contribution in [1.29, 1.82) is 0 Å². The summed E-state index contributed by atoms with van der Waals surface area (Å²) in [4.78, 5) is 21.9. The van der Waals surface area contributed by atoms with E-state index in [-0.39, 0.29) is 5.78 Å². The molecule has 19 heavy (non-hydrogen) atoms. The molecule has 1 saturated heterocycles. The van der Waals surface area contributed by atoms with Crippen LogP contribution in [0.2, 0.25) is 0 Å². The molecule has 0 radical (unpaired) electrons. The summed E-state index contributed by atoms with van der Waals surface area (Å²) in [6, 6.07) is 1.89. The van der Waals surface area contributed by atoms with Gasteiger partial charge in [-0.05, 0) is 12.8 Å². The Bertz CT molecular complexity index is 425. The summed E-state index contributed by atoms with van der Waals surface area (Å²) in [6.45, 7) is 2.88. The molecule has 2 rings (SSSR count). The SMILES string of the molecule is COCCCNc1cc(N2CCCC(=O)C2)ncn1. The van der Waals surface area contributed by atoms with Gasteiger partial charge in [-0.25, -0.2) is 9.97 Å². The van der Waals surface area contributed by atoms with Gasteiger partial charge in [-0.2, -0.15) is 0 Å². The number of hydrogen-bond donors (Lipinski definition) is 1. The number of aromatic nitrogens is 2. The van der Waals surface area contributed by atoms with Crippen LogP contribution in [0.1, 0.15) is 19.3 Å². The number of piperidine rings is 1. The highest BCUT2D eigenvalue weighted by Gasteiger charge is 2.18. The molecule has 1 aliphatic rings. The molecule has 0 atom stereocenters. The average molecular weight is 264 g/mol. The van der Waals surface area contributed by atoms with E-state index in [9.17, 15) is 4.79 Å². The maximum atomic E-state index is 11.5. The van der Waals surface area contributed by atoms with E-state index in [0.29, 0.717) is 13.0 Å². The van der Waals surface area contributed by atoms with Crippen LogP contribution in [-0.4, -0.2) is 49.1 Å². The van der Waals surface area contributed by atoms with Gasteiger partial charge in [0.1, 0.15) is 18.0 Å². The van der Waals surface area contributed by atoms with Crippen LogP contribution in [-0.2, 0) is 9.53 Å². The van der Waals surface area contributed by atoms with Crippen LogP contribution in [0, 0.1) is 0 Å². The lowest BCUT2D eigenvalue weighted by atomic mass is 10.1. The largest absolute Gasteiger partial charge is 0.385 e. The molecule has 0 aliphatic carbocycles. The predicted octanol–water partition coefficient (Wildman–Crippen LogP) is 1.09. The lowest BCUT2D eigenvalue weighted by Gasteiger charge is -2.26. The first-order valence-corrected chi connectivity index (χ1v) is 6.61. The third kappa shape index (κ3) is 4.17. The molecule has 0 unspecified atom stereocenters. The molecule has 0 aromatic carbocycles. The fraction of sp³-hybridized carbons (Fsp3) is 0.615. The number of methoxy groups -OCH3 is 1. The van der Waals surface area contributed by atoms with Crippen LogP contribution in [0.3, 0.4) is 0 Å². The molecule has 1 aromatic heterocycles. The smallest absolute Gasteiger partial charge is 0.152 e.